The summed E-state index contributed by atoms with van der Waals surface area (Å²) in [6.45, 7) is 2.48. The third-order valence-corrected chi connectivity index (χ3v) is 3.14. The molecule has 0 aliphatic heterocycles. The van der Waals surface area contributed by atoms with E-state index < -0.39 is 0 Å². The molecule has 1 fully saturated rings. The minimum Gasteiger partial charge on any atom is -0.476 e. The molecule has 1 aromatic heterocycles. The van der Waals surface area contributed by atoms with E-state index in [1.165, 1.54) is 25.6 Å². The van der Waals surface area contributed by atoms with Crippen molar-refractivity contribution in [2.24, 2.45) is 5.73 Å². The zero-order valence-corrected chi connectivity index (χ0v) is 9.78. The molecule has 16 heavy (non-hydrogen) atoms. The Labute approximate surface area is 96.2 Å². The predicted octanol–water partition coefficient (Wildman–Crippen LogP) is 1.83. The van der Waals surface area contributed by atoms with E-state index in [0.717, 1.165) is 18.5 Å². The van der Waals surface area contributed by atoms with Crippen LogP contribution in [0.4, 0.5) is 0 Å². The molecule has 4 heteroatoms. The molecule has 4 nitrogen and oxygen atoms in total. The van der Waals surface area contributed by atoms with Crippen LogP contribution in [0.3, 0.4) is 0 Å². The van der Waals surface area contributed by atoms with Gasteiger partial charge in [0.25, 0.3) is 0 Å². The standard InChI is InChI=1S/C12H19N3O/c1-10-7-11(15-9-14-10)16-8-12(13)5-3-2-4-6-12/h7,9H,2-6,8,13H2,1H3. The maximum Gasteiger partial charge on any atom is 0.216 e. The van der Waals surface area contributed by atoms with Crippen molar-refractivity contribution >= 4 is 0 Å². The van der Waals surface area contributed by atoms with Gasteiger partial charge in [-0.2, -0.15) is 0 Å². The van der Waals surface area contributed by atoms with E-state index in [0.29, 0.717) is 12.5 Å². The number of hydrogen-bond acceptors (Lipinski definition) is 4. The molecule has 1 aliphatic rings. The predicted molar refractivity (Wildman–Crippen MR) is 62.3 cm³/mol. The van der Waals surface area contributed by atoms with Crippen molar-refractivity contribution in [3.63, 3.8) is 0 Å². The van der Waals surface area contributed by atoms with E-state index in [1.807, 2.05) is 13.0 Å². The molecule has 0 spiro atoms. The summed E-state index contributed by atoms with van der Waals surface area (Å²) in [6.07, 6.45) is 7.35. The number of aryl methyl sites for hydroxylation is 1. The first-order chi connectivity index (χ1) is 7.68. The number of nitrogens with zero attached hydrogens (tertiary/aromatic N) is 2. The van der Waals surface area contributed by atoms with E-state index >= 15 is 0 Å². The topological polar surface area (TPSA) is 61.0 Å². The van der Waals surface area contributed by atoms with Gasteiger partial charge in [-0.25, -0.2) is 9.97 Å². The Kier molecular flexibility index (Phi) is 3.39. The molecule has 0 bridgehead atoms. The highest BCUT2D eigenvalue weighted by molar-refractivity contribution is 5.12. The van der Waals surface area contributed by atoms with Gasteiger partial charge in [0.05, 0.1) is 5.54 Å². The minimum atomic E-state index is -0.156. The van der Waals surface area contributed by atoms with Gasteiger partial charge in [-0.3, -0.25) is 0 Å². The Morgan fingerprint density at radius 3 is 2.75 bits per heavy atom. The Bertz CT molecular complexity index is 348. The Hall–Kier alpha value is -1.16. The van der Waals surface area contributed by atoms with E-state index in [1.54, 1.807) is 0 Å². The highest BCUT2D eigenvalue weighted by Crippen LogP contribution is 2.26. The fourth-order valence-corrected chi connectivity index (χ4v) is 2.13. The average Bonchev–Trinajstić information content (AvgIpc) is 2.28. The number of hydrogen-bond donors (Lipinski definition) is 1. The van der Waals surface area contributed by atoms with Crippen LogP contribution in [-0.2, 0) is 0 Å². The van der Waals surface area contributed by atoms with Crippen LogP contribution in [0, 0.1) is 6.92 Å². The van der Waals surface area contributed by atoms with Crippen molar-refractivity contribution in [3.05, 3.63) is 18.1 Å². The van der Waals surface area contributed by atoms with Crippen LogP contribution in [-0.4, -0.2) is 22.1 Å². The molecule has 2 rings (SSSR count). The van der Waals surface area contributed by atoms with Gasteiger partial charge < -0.3 is 10.5 Å². The lowest BCUT2D eigenvalue weighted by molar-refractivity contribution is 0.169. The summed E-state index contributed by atoms with van der Waals surface area (Å²) in [5.74, 6) is 0.628. The van der Waals surface area contributed by atoms with Crippen LogP contribution in [0.5, 0.6) is 5.88 Å². The van der Waals surface area contributed by atoms with Crippen LogP contribution >= 0.6 is 0 Å². The van der Waals surface area contributed by atoms with Gasteiger partial charge in [0.2, 0.25) is 5.88 Å². The lowest BCUT2D eigenvalue weighted by Gasteiger charge is -2.32. The molecule has 0 atom stereocenters. The molecule has 1 heterocycles. The smallest absolute Gasteiger partial charge is 0.216 e. The molecule has 0 radical (unpaired) electrons. The first kappa shape index (κ1) is 11.3. The van der Waals surface area contributed by atoms with Crippen molar-refractivity contribution in [3.8, 4) is 5.88 Å². The van der Waals surface area contributed by atoms with E-state index in [-0.39, 0.29) is 5.54 Å². The summed E-state index contributed by atoms with van der Waals surface area (Å²) in [7, 11) is 0. The van der Waals surface area contributed by atoms with Gasteiger partial charge in [0, 0.05) is 11.8 Å². The van der Waals surface area contributed by atoms with Gasteiger partial charge in [-0.15, -0.1) is 0 Å². The number of ether oxygens (including phenoxy) is 1. The summed E-state index contributed by atoms with van der Waals surface area (Å²) in [4.78, 5) is 8.10. The van der Waals surface area contributed by atoms with Crippen LogP contribution in [0.15, 0.2) is 12.4 Å². The Morgan fingerprint density at radius 2 is 2.06 bits per heavy atom. The van der Waals surface area contributed by atoms with Crippen molar-refractivity contribution in [1.82, 2.24) is 9.97 Å². The average molecular weight is 221 g/mol. The summed E-state index contributed by atoms with van der Waals surface area (Å²) in [5, 5.41) is 0. The highest BCUT2D eigenvalue weighted by Gasteiger charge is 2.28. The molecular formula is C12H19N3O. The summed E-state index contributed by atoms with van der Waals surface area (Å²) in [6, 6.07) is 1.84. The zero-order valence-electron chi connectivity index (χ0n) is 9.78. The maximum atomic E-state index is 6.28. The molecular weight excluding hydrogens is 202 g/mol. The molecule has 1 saturated carbocycles. The Morgan fingerprint density at radius 1 is 1.31 bits per heavy atom. The van der Waals surface area contributed by atoms with Gasteiger partial charge in [-0.05, 0) is 19.8 Å². The van der Waals surface area contributed by atoms with Crippen molar-refractivity contribution in [2.75, 3.05) is 6.61 Å². The molecule has 1 aliphatic carbocycles. The van der Waals surface area contributed by atoms with Gasteiger partial charge in [-0.1, -0.05) is 19.3 Å². The van der Waals surface area contributed by atoms with Gasteiger partial charge in [0.15, 0.2) is 0 Å². The molecule has 2 N–H and O–H groups in total. The first-order valence-electron chi connectivity index (χ1n) is 5.88. The normalized spacial score (nSPS) is 19.4. The van der Waals surface area contributed by atoms with Crippen LogP contribution in [0.25, 0.3) is 0 Å². The minimum absolute atomic E-state index is 0.156. The van der Waals surface area contributed by atoms with Gasteiger partial charge >= 0.3 is 0 Å². The van der Waals surface area contributed by atoms with Crippen LogP contribution < -0.4 is 10.5 Å². The third kappa shape index (κ3) is 2.92. The lowest BCUT2D eigenvalue weighted by Crippen LogP contribution is -2.47. The monoisotopic (exact) mass is 221 g/mol. The van der Waals surface area contributed by atoms with Crippen LogP contribution in [0.1, 0.15) is 37.8 Å². The summed E-state index contributed by atoms with van der Waals surface area (Å²) >= 11 is 0. The van der Waals surface area contributed by atoms with Crippen molar-refractivity contribution < 1.29 is 4.74 Å². The Balaban J connectivity index is 1.91. The molecule has 0 amide bonds. The fraction of sp³-hybridized carbons (Fsp3) is 0.667. The number of aromatic nitrogens is 2. The second kappa shape index (κ2) is 4.78. The molecule has 1 aromatic rings. The third-order valence-electron chi connectivity index (χ3n) is 3.14. The van der Waals surface area contributed by atoms with Crippen molar-refractivity contribution in [2.45, 2.75) is 44.6 Å². The number of rotatable bonds is 3. The van der Waals surface area contributed by atoms with Crippen LogP contribution in [0.2, 0.25) is 0 Å². The second-order valence-electron chi connectivity index (χ2n) is 4.71. The summed E-state index contributed by atoms with van der Waals surface area (Å²) in [5.41, 5.74) is 7.04. The maximum absolute atomic E-state index is 6.28. The second-order valence-corrected chi connectivity index (χ2v) is 4.71. The quantitative estimate of drug-likeness (QED) is 0.845. The largest absolute Gasteiger partial charge is 0.476 e. The molecule has 0 unspecified atom stereocenters. The van der Waals surface area contributed by atoms with E-state index in [4.69, 9.17) is 10.5 Å². The fourth-order valence-electron chi connectivity index (χ4n) is 2.13. The lowest BCUT2D eigenvalue weighted by atomic mass is 9.83. The van der Waals surface area contributed by atoms with E-state index in [2.05, 4.69) is 9.97 Å². The summed E-state index contributed by atoms with van der Waals surface area (Å²) < 4.78 is 5.65. The number of nitrogens with two attached hydrogens (primary N) is 1. The van der Waals surface area contributed by atoms with Crippen molar-refractivity contribution in [1.29, 1.82) is 0 Å². The SMILES string of the molecule is Cc1cc(OCC2(N)CCCCC2)ncn1. The molecule has 0 aromatic carbocycles. The zero-order chi connectivity index (χ0) is 11.4. The van der Waals surface area contributed by atoms with Gasteiger partial charge in [0.1, 0.15) is 12.9 Å². The molecule has 88 valence electrons. The highest BCUT2D eigenvalue weighted by atomic mass is 16.5. The molecule has 0 saturated heterocycles. The van der Waals surface area contributed by atoms with E-state index in [9.17, 15) is 0 Å². The first-order valence-corrected chi connectivity index (χ1v) is 5.88.